The summed E-state index contributed by atoms with van der Waals surface area (Å²) in [6.45, 7) is -0.0635. The minimum absolute atomic E-state index is 0.0635. The smallest absolute Gasteiger partial charge is 0.368 e. The first-order valence-electron chi connectivity index (χ1n) is 3.51. The Kier molecular flexibility index (Phi) is 2.19. The van der Waals surface area contributed by atoms with Crippen LogP contribution in [0.25, 0.3) is 0 Å². The number of primary amides is 1. The third kappa shape index (κ3) is 1.73. The number of likely N-dealkylation sites (tertiary alicyclic amines) is 1. The van der Waals surface area contributed by atoms with Crippen molar-refractivity contribution in [3.05, 3.63) is 0 Å². The number of hydrogen-bond acceptors (Lipinski definition) is 2. The first-order chi connectivity index (χ1) is 5.84. The maximum atomic E-state index is 11.8. The molecule has 0 aromatic heterocycles. The highest BCUT2D eigenvalue weighted by Gasteiger charge is 2.49. The van der Waals surface area contributed by atoms with Crippen LogP contribution in [-0.2, 0) is 9.59 Å². The van der Waals surface area contributed by atoms with Gasteiger partial charge in [0.15, 0.2) is 0 Å². The van der Waals surface area contributed by atoms with Crippen LogP contribution < -0.4 is 5.73 Å². The van der Waals surface area contributed by atoms with E-state index in [1.807, 2.05) is 0 Å². The molecule has 7 heteroatoms. The average molecular weight is 196 g/mol. The van der Waals surface area contributed by atoms with Crippen molar-refractivity contribution in [1.82, 2.24) is 4.90 Å². The van der Waals surface area contributed by atoms with Crippen molar-refractivity contribution in [2.45, 2.75) is 18.6 Å². The van der Waals surface area contributed by atoms with Crippen molar-refractivity contribution in [3.63, 3.8) is 0 Å². The first-order valence-corrected chi connectivity index (χ1v) is 3.51. The second-order valence-electron chi connectivity index (χ2n) is 2.70. The van der Waals surface area contributed by atoms with Crippen LogP contribution in [0.15, 0.2) is 0 Å². The molecule has 13 heavy (non-hydrogen) atoms. The minimum atomic E-state index is -4.92. The Morgan fingerprint density at radius 3 is 2.15 bits per heavy atom. The second-order valence-corrected chi connectivity index (χ2v) is 2.70. The Bertz CT molecular complexity index is 251. The van der Waals surface area contributed by atoms with Gasteiger partial charge >= 0.3 is 12.1 Å². The fraction of sp³-hybridized carbons (Fsp3) is 0.667. The fourth-order valence-corrected chi connectivity index (χ4v) is 1.09. The van der Waals surface area contributed by atoms with Gasteiger partial charge in [-0.15, -0.1) is 0 Å². The van der Waals surface area contributed by atoms with Gasteiger partial charge in [-0.25, -0.2) is 0 Å². The van der Waals surface area contributed by atoms with Crippen molar-refractivity contribution < 1.29 is 22.8 Å². The lowest BCUT2D eigenvalue weighted by atomic mass is 10.0. The number of alkyl halides is 3. The van der Waals surface area contributed by atoms with Gasteiger partial charge in [0.05, 0.1) is 0 Å². The molecule has 1 atom stereocenters. The number of nitrogens with two attached hydrogens (primary N) is 1. The standard InChI is InChI=1S/C6H7F3N2O2/c7-6(8,9)5(13)11-2-1-3(11)4(10)12/h3H,1-2H2,(H2,10,12). The summed E-state index contributed by atoms with van der Waals surface area (Å²) in [4.78, 5) is 21.5. The highest BCUT2D eigenvalue weighted by atomic mass is 19.4. The molecule has 1 unspecified atom stereocenters. The molecule has 0 saturated carbocycles. The Morgan fingerprint density at radius 2 is 1.92 bits per heavy atom. The molecule has 1 aliphatic heterocycles. The monoisotopic (exact) mass is 196 g/mol. The van der Waals surface area contributed by atoms with Gasteiger partial charge in [0, 0.05) is 6.54 Å². The van der Waals surface area contributed by atoms with E-state index in [-0.39, 0.29) is 13.0 Å². The predicted molar refractivity (Wildman–Crippen MR) is 35.4 cm³/mol. The van der Waals surface area contributed by atoms with E-state index in [2.05, 4.69) is 0 Å². The van der Waals surface area contributed by atoms with Crippen molar-refractivity contribution in [2.24, 2.45) is 5.73 Å². The SMILES string of the molecule is NC(=O)C1CCN1C(=O)C(F)(F)F. The molecule has 0 aromatic carbocycles. The number of nitrogens with zero attached hydrogens (tertiary/aromatic N) is 1. The van der Waals surface area contributed by atoms with Gasteiger partial charge in [0.25, 0.3) is 0 Å². The van der Waals surface area contributed by atoms with E-state index in [0.717, 1.165) is 0 Å². The quantitative estimate of drug-likeness (QED) is 0.622. The number of rotatable bonds is 1. The topological polar surface area (TPSA) is 63.4 Å². The van der Waals surface area contributed by atoms with Crippen LogP contribution in [0.4, 0.5) is 13.2 Å². The van der Waals surface area contributed by atoms with Crippen molar-refractivity contribution >= 4 is 11.8 Å². The molecular formula is C6H7F3N2O2. The number of hydrogen-bond donors (Lipinski definition) is 1. The zero-order valence-electron chi connectivity index (χ0n) is 6.47. The molecule has 1 fully saturated rings. The normalized spacial score (nSPS) is 22.4. The number of halogens is 3. The zero-order valence-corrected chi connectivity index (χ0v) is 6.47. The van der Waals surface area contributed by atoms with Crippen molar-refractivity contribution in [1.29, 1.82) is 0 Å². The molecule has 74 valence electrons. The third-order valence-corrected chi connectivity index (χ3v) is 1.85. The second kappa shape index (κ2) is 2.90. The maximum Gasteiger partial charge on any atom is 0.471 e. The number of carbonyl (C=O) groups is 2. The lowest BCUT2D eigenvalue weighted by molar-refractivity contribution is -0.193. The van der Waals surface area contributed by atoms with Crippen LogP contribution in [0.1, 0.15) is 6.42 Å². The number of carbonyl (C=O) groups excluding carboxylic acids is 2. The molecule has 1 rings (SSSR count). The molecule has 1 saturated heterocycles. The van der Waals surface area contributed by atoms with E-state index >= 15 is 0 Å². The number of amides is 2. The van der Waals surface area contributed by atoms with Gasteiger partial charge < -0.3 is 10.6 Å². The van der Waals surface area contributed by atoms with Crippen molar-refractivity contribution in [3.8, 4) is 0 Å². The van der Waals surface area contributed by atoms with E-state index in [9.17, 15) is 22.8 Å². The predicted octanol–water partition coefficient (Wildman–Crippen LogP) is -0.365. The van der Waals surface area contributed by atoms with Crippen LogP contribution in [0.5, 0.6) is 0 Å². The summed E-state index contributed by atoms with van der Waals surface area (Å²) < 4.78 is 35.4. The average Bonchev–Trinajstić information content (AvgIpc) is 1.80. The molecular weight excluding hydrogens is 189 g/mol. The lowest BCUT2D eigenvalue weighted by Crippen LogP contribution is -2.60. The maximum absolute atomic E-state index is 11.8. The Morgan fingerprint density at radius 1 is 1.38 bits per heavy atom. The molecule has 0 bridgehead atoms. The van der Waals surface area contributed by atoms with E-state index in [1.165, 1.54) is 0 Å². The van der Waals surface area contributed by atoms with Crippen LogP contribution in [0.2, 0.25) is 0 Å². The summed E-state index contributed by atoms with van der Waals surface area (Å²) in [7, 11) is 0. The van der Waals surface area contributed by atoms with Crippen molar-refractivity contribution in [2.75, 3.05) is 6.54 Å². The van der Waals surface area contributed by atoms with Gasteiger partial charge in [-0.05, 0) is 6.42 Å². The molecule has 0 aromatic rings. The molecule has 0 spiro atoms. The van der Waals surface area contributed by atoms with E-state index in [1.54, 1.807) is 0 Å². The van der Waals surface area contributed by atoms with E-state index in [4.69, 9.17) is 5.73 Å². The highest BCUT2D eigenvalue weighted by Crippen LogP contribution is 2.25. The van der Waals surface area contributed by atoms with Gasteiger partial charge in [-0.3, -0.25) is 9.59 Å². The van der Waals surface area contributed by atoms with Crippen LogP contribution in [0, 0.1) is 0 Å². The Hall–Kier alpha value is -1.27. The molecule has 1 heterocycles. The summed E-state index contributed by atoms with van der Waals surface area (Å²) in [5.74, 6) is -2.90. The summed E-state index contributed by atoms with van der Waals surface area (Å²) in [6, 6.07) is -1.09. The fourth-order valence-electron chi connectivity index (χ4n) is 1.09. The van der Waals surface area contributed by atoms with Gasteiger partial charge in [0.1, 0.15) is 6.04 Å². The first kappa shape index (κ1) is 9.82. The molecule has 4 nitrogen and oxygen atoms in total. The van der Waals surface area contributed by atoms with Gasteiger partial charge in [0.2, 0.25) is 5.91 Å². The van der Waals surface area contributed by atoms with E-state index in [0.29, 0.717) is 4.90 Å². The molecule has 2 N–H and O–H groups in total. The largest absolute Gasteiger partial charge is 0.471 e. The third-order valence-electron chi connectivity index (χ3n) is 1.85. The summed E-state index contributed by atoms with van der Waals surface area (Å²) in [6.07, 6.45) is -4.72. The molecule has 0 aliphatic carbocycles. The minimum Gasteiger partial charge on any atom is -0.368 e. The van der Waals surface area contributed by atoms with Crippen LogP contribution in [-0.4, -0.2) is 35.5 Å². The Balaban J connectivity index is 2.65. The van der Waals surface area contributed by atoms with Crippen LogP contribution >= 0.6 is 0 Å². The summed E-state index contributed by atoms with van der Waals surface area (Å²) in [5, 5.41) is 0. The molecule has 0 radical (unpaired) electrons. The molecule has 2 amide bonds. The zero-order chi connectivity index (χ0) is 10.2. The lowest BCUT2D eigenvalue weighted by Gasteiger charge is -2.38. The van der Waals surface area contributed by atoms with E-state index < -0.39 is 24.0 Å². The highest BCUT2D eigenvalue weighted by molar-refractivity contribution is 5.90. The van der Waals surface area contributed by atoms with Crippen LogP contribution in [0.3, 0.4) is 0 Å². The van der Waals surface area contributed by atoms with Gasteiger partial charge in [-0.1, -0.05) is 0 Å². The molecule has 1 aliphatic rings. The summed E-state index contributed by atoms with van der Waals surface area (Å²) >= 11 is 0. The summed E-state index contributed by atoms with van der Waals surface area (Å²) in [5.41, 5.74) is 4.77. The Labute approximate surface area is 71.5 Å². The van der Waals surface area contributed by atoms with Gasteiger partial charge in [-0.2, -0.15) is 13.2 Å².